The first-order chi connectivity index (χ1) is 10.7. The Balaban J connectivity index is 0. The fourth-order valence-electron chi connectivity index (χ4n) is 0.839. The van der Waals surface area contributed by atoms with Crippen LogP contribution in [0.4, 0.5) is 0 Å². The van der Waals surface area contributed by atoms with Gasteiger partial charge in [-0.25, -0.2) is 19.2 Å². The molecule has 0 amide bonds. The van der Waals surface area contributed by atoms with E-state index in [1.165, 1.54) is 32.9 Å². The predicted molar refractivity (Wildman–Crippen MR) is 81.6 cm³/mol. The van der Waals surface area contributed by atoms with Gasteiger partial charge < -0.3 is 9.47 Å². The molecule has 0 heterocycles. The molecular weight excluding hydrogens is 304 g/mol. The fourth-order valence-corrected chi connectivity index (χ4v) is 0.839. The van der Waals surface area contributed by atoms with Crippen LogP contribution in [0, 0.1) is 0 Å². The summed E-state index contributed by atoms with van der Waals surface area (Å²) in [6, 6.07) is 0. The zero-order chi connectivity index (χ0) is 18.4. The van der Waals surface area contributed by atoms with Crippen LogP contribution < -0.4 is 0 Å². The van der Waals surface area contributed by atoms with Gasteiger partial charge in [0, 0.05) is 11.1 Å². The van der Waals surface area contributed by atoms with E-state index in [2.05, 4.69) is 32.6 Å². The van der Waals surface area contributed by atoms with Gasteiger partial charge in [0.15, 0.2) is 0 Å². The van der Waals surface area contributed by atoms with Gasteiger partial charge in [-0.05, 0) is 27.2 Å². The first kappa shape index (κ1) is 22.5. The molecular formula is C15H20N2O6. The van der Waals surface area contributed by atoms with E-state index in [4.69, 9.17) is 0 Å². The summed E-state index contributed by atoms with van der Waals surface area (Å²) in [5.74, 6) is -1.08. The number of ether oxygens (including phenoxy) is 2. The van der Waals surface area contributed by atoms with Gasteiger partial charge in [0.1, 0.15) is 0 Å². The van der Waals surface area contributed by atoms with Crippen LogP contribution in [0.25, 0.3) is 0 Å². The van der Waals surface area contributed by atoms with Crippen LogP contribution in [0.3, 0.4) is 0 Å². The molecule has 0 aromatic heterocycles. The van der Waals surface area contributed by atoms with Crippen molar-refractivity contribution in [3.8, 4) is 0 Å². The Hall–Kier alpha value is -2.82. The molecule has 0 rings (SSSR count). The molecule has 0 aliphatic heterocycles. The van der Waals surface area contributed by atoms with Crippen molar-refractivity contribution in [2.24, 2.45) is 9.98 Å². The number of carbonyl (C=O) groups is 2. The van der Waals surface area contributed by atoms with Crippen LogP contribution in [-0.2, 0) is 28.7 Å². The van der Waals surface area contributed by atoms with E-state index in [1.54, 1.807) is 6.92 Å². The molecule has 8 heteroatoms. The van der Waals surface area contributed by atoms with E-state index < -0.39 is 24.4 Å². The number of rotatable bonds is 7. The number of isocyanates is 2. The molecule has 126 valence electrons. The molecule has 0 aromatic rings. The highest BCUT2D eigenvalue weighted by molar-refractivity contribution is 5.87. The quantitative estimate of drug-likeness (QED) is 0.306. The lowest BCUT2D eigenvalue weighted by molar-refractivity contribution is -0.144. The molecule has 0 aromatic carbocycles. The normalized spacial score (nSPS) is 11.1. The maximum atomic E-state index is 10.9. The van der Waals surface area contributed by atoms with Crippen LogP contribution in [0.1, 0.15) is 34.1 Å². The molecule has 0 saturated carbocycles. The van der Waals surface area contributed by atoms with Crippen LogP contribution in [-0.4, -0.2) is 36.6 Å². The lowest BCUT2D eigenvalue weighted by Gasteiger charge is -2.06. The summed E-state index contributed by atoms with van der Waals surface area (Å²) in [5, 5.41) is 0. The SMILES string of the molecule is C=C(C)C(=O)OC(C)N=C=O.C=C(CC)C(=O)OC(C)N=C=O. The highest BCUT2D eigenvalue weighted by atomic mass is 16.6. The van der Waals surface area contributed by atoms with Crippen molar-refractivity contribution in [3.05, 3.63) is 24.3 Å². The fraction of sp³-hybridized carbons (Fsp3) is 0.467. The minimum Gasteiger partial charge on any atom is -0.436 e. The molecule has 0 saturated heterocycles. The van der Waals surface area contributed by atoms with E-state index in [9.17, 15) is 19.2 Å². The summed E-state index contributed by atoms with van der Waals surface area (Å²) in [4.78, 5) is 47.4. The summed E-state index contributed by atoms with van der Waals surface area (Å²) < 4.78 is 9.26. The maximum Gasteiger partial charge on any atom is 0.335 e. The summed E-state index contributed by atoms with van der Waals surface area (Å²) in [6.07, 6.45) is 1.54. The van der Waals surface area contributed by atoms with Crippen molar-refractivity contribution in [2.75, 3.05) is 0 Å². The molecule has 23 heavy (non-hydrogen) atoms. The van der Waals surface area contributed by atoms with Crippen molar-refractivity contribution in [2.45, 2.75) is 46.6 Å². The third-order valence-corrected chi connectivity index (χ3v) is 2.09. The zero-order valence-corrected chi connectivity index (χ0v) is 13.6. The van der Waals surface area contributed by atoms with Crippen molar-refractivity contribution in [1.82, 2.24) is 0 Å². The van der Waals surface area contributed by atoms with Crippen LogP contribution in [0.2, 0.25) is 0 Å². The largest absolute Gasteiger partial charge is 0.436 e. The average molecular weight is 324 g/mol. The second kappa shape index (κ2) is 12.9. The van der Waals surface area contributed by atoms with Gasteiger partial charge >= 0.3 is 11.9 Å². The molecule has 0 bridgehead atoms. The van der Waals surface area contributed by atoms with E-state index in [0.717, 1.165) is 0 Å². The smallest absolute Gasteiger partial charge is 0.335 e. The van der Waals surface area contributed by atoms with Gasteiger partial charge in [0.2, 0.25) is 24.6 Å². The van der Waals surface area contributed by atoms with Crippen molar-refractivity contribution < 1.29 is 28.7 Å². The van der Waals surface area contributed by atoms with Crippen LogP contribution in [0.5, 0.6) is 0 Å². The predicted octanol–water partition coefficient (Wildman–Crippen LogP) is 1.97. The van der Waals surface area contributed by atoms with Gasteiger partial charge in [0.25, 0.3) is 0 Å². The molecule has 0 aliphatic carbocycles. The summed E-state index contributed by atoms with van der Waals surface area (Å²) in [6.45, 7) is 13.1. The molecule has 0 fully saturated rings. The van der Waals surface area contributed by atoms with Gasteiger partial charge in [-0.3, -0.25) is 0 Å². The van der Waals surface area contributed by atoms with Gasteiger partial charge in [0.05, 0.1) is 0 Å². The molecule has 2 atom stereocenters. The summed E-state index contributed by atoms with van der Waals surface area (Å²) in [5.41, 5.74) is 0.640. The van der Waals surface area contributed by atoms with Crippen molar-refractivity contribution in [1.29, 1.82) is 0 Å². The zero-order valence-electron chi connectivity index (χ0n) is 13.6. The number of hydrogen-bond donors (Lipinski definition) is 0. The minimum atomic E-state index is -0.781. The topological polar surface area (TPSA) is 111 Å². The monoisotopic (exact) mass is 324 g/mol. The van der Waals surface area contributed by atoms with Gasteiger partial charge in [-0.2, -0.15) is 9.98 Å². The molecule has 8 nitrogen and oxygen atoms in total. The van der Waals surface area contributed by atoms with Gasteiger partial charge in [-0.15, -0.1) is 0 Å². The summed E-state index contributed by atoms with van der Waals surface area (Å²) in [7, 11) is 0. The van der Waals surface area contributed by atoms with E-state index >= 15 is 0 Å². The molecule has 0 aliphatic rings. The lowest BCUT2D eigenvalue weighted by Crippen LogP contribution is -2.13. The van der Waals surface area contributed by atoms with Gasteiger partial charge in [-0.1, -0.05) is 20.1 Å². The van der Waals surface area contributed by atoms with Crippen LogP contribution >= 0.6 is 0 Å². The standard InChI is InChI=1S/C8H11NO3.C7H9NO3/c1-4-6(2)8(11)12-7(3)9-5-10;1-5(2)7(10)11-6(3)8-4-9/h7H,2,4H2,1,3H3;6H,1H2,2-3H3. The van der Waals surface area contributed by atoms with E-state index in [0.29, 0.717) is 12.0 Å². The molecule has 0 N–H and O–H groups in total. The minimum absolute atomic E-state index is 0.276. The Kier molecular flexibility index (Phi) is 12.6. The third-order valence-electron chi connectivity index (χ3n) is 2.09. The Morgan fingerprint density at radius 3 is 1.70 bits per heavy atom. The first-order valence-corrected chi connectivity index (χ1v) is 6.58. The highest BCUT2D eigenvalue weighted by Gasteiger charge is 2.09. The Morgan fingerprint density at radius 2 is 1.39 bits per heavy atom. The first-order valence-electron chi connectivity index (χ1n) is 6.58. The Morgan fingerprint density at radius 1 is 1.00 bits per heavy atom. The molecule has 0 radical (unpaired) electrons. The molecule has 0 spiro atoms. The lowest BCUT2D eigenvalue weighted by atomic mass is 10.2. The number of hydrogen-bond acceptors (Lipinski definition) is 8. The second-order valence-corrected chi connectivity index (χ2v) is 4.19. The second-order valence-electron chi connectivity index (χ2n) is 4.19. The maximum absolute atomic E-state index is 10.9. The third kappa shape index (κ3) is 12.6. The number of esters is 2. The Bertz CT molecular complexity index is 542. The number of aliphatic imine (C=N–C) groups is 2. The van der Waals surface area contributed by atoms with Crippen LogP contribution in [0.15, 0.2) is 34.3 Å². The van der Waals surface area contributed by atoms with Crippen molar-refractivity contribution >= 4 is 24.1 Å². The van der Waals surface area contributed by atoms with Crippen molar-refractivity contribution in [3.63, 3.8) is 0 Å². The summed E-state index contributed by atoms with van der Waals surface area (Å²) >= 11 is 0. The van der Waals surface area contributed by atoms with E-state index in [-0.39, 0.29) is 5.57 Å². The number of nitrogens with zero attached hydrogens (tertiary/aromatic N) is 2. The number of carbonyl (C=O) groups excluding carboxylic acids is 4. The highest BCUT2D eigenvalue weighted by Crippen LogP contribution is 2.02. The average Bonchev–Trinajstić information content (AvgIpc) is 2.47. The Labute approximate surface area is 134 Å². The molecule has 2 unspecified atom stereocenters. The van der Waals surface area contributed by atoms with E-state index in [1.807, 2.05) is 0 Å².